The number of benzene rings is 2. The van der Waals surface area contributed by atoms with Gasteiger partial charge >= 0.3 is 0 Å². The average molecular weight is 224 g/mol. The van der Waals surface area contributed by atoms with Crippen molar-refractivity contribution in [3.63, 3.8) is 0 Å². The van der Waals surface area contributed by atoms with Gasteiger partial charge in [-0.1, -0.05) is 18.2 Å². The van der Waals surface area contributed by atoms with Crippen LogP contribution in [0.4, 0.5) is 0 Å². The number of aryl methyl sites for hydroxylation is 2. The zero-order valence-electron chi connectivity index (χ0n) is 9.78. The Morgan fingerprint density at radius 3 is 2.59 bits per heavy atom. The van der Waals surface area contributed by atoms with Crippen LogP contribution in [0.3, 0.4) is 0 Å². The molecule has 0 spiro atoms. The fourth-order valence-corrected chi connectivity index (χ4v) is 2.26. The van der Waals surface area contributed by atoms with Crippen LogP contribution in [0.1, 0.15) is 11.1 Å². The molecule has 0 saturated heterocycles. The van der Waals surface area contributed by atoms with E-state index in [1.54, 1.807) is 6.07 Å². The smallest absolute Gasteiger partial charge is 0.200 e. The van der Waals surface area contributed by atoms with Crippen LogP contribution in [0.2, 0.25) is 0 Å². The van der Waals surface area contributed by atoms with E-state index in [1.165, 1.54) is 0 Å². The van der Waals surface area contributed by atoms with E-state index >= 15 is 0 Å². The first-order chi connectivity index (χ1) is 8.16. The van der Waals surface area contributed by atoms with Crippen molar-refractivity contribution < 1.29 is 4.42 Å². The molecule has 2 aromatic carbocycles. The molecule has 0 atom stereocenters. The van der Waals surface area contributed by atoms with Gasteiger partial charge in [0.1, 0.15) is 11.2 Å². The lowest BCUT2D eigenvalue weighted by atomic mass is 10.1. The summed E-state index contributed by atoms with van der Waals surface area (Å²) in [6, 6.07) is 11.3. The molecular weight excluding hydrogens is 212 g/mol. The number of rotatable bonds is 0. The molecule has 17 heavy (non-hydrogen) atoms. The number of fused-ring (bicyclic) bond motifs is 2. The highest BCUT2D eigenvalue weighted by Crippen LogP contribution is 2.22. The predicted octanol–water partition coefficient (Wildman–Crippen LogP) is 3.56. The van der Waals surface area contributed by atoms with E-state index in [2.05, 4.69) is 0 Å². The Hall–Kier alpha value is -2.09. The lowest BCUT2D eigenvalue weighted by Crippen LogP contribution is -2.03. The monoisotopic (exact) mass is 224 g/mol. The predicted molar refractivity (Wildman–Crippen MR) is 69.5 cm³/mol. The zero-order chi connectivity index (χ0) is 12.0. The van der Waals surface area contributed by atoms with Gasteiger partial charge in [-0.3, -0.25) is 4.79 Å². The van der Waals surface area contributed by atoms with Gasteiger partial charge in [0.25, 0.3) is 0 Å². The van der Waals surface area contributed by atoms with E-state index in [-0.39, 0.29) is 5.43 Å². The van der Waals surface area contributed by atoms with E-state index in [0.29, 0.717) is 21.9 Å². The van der Waals surface area contributed by atoms with Crippen LogP contribution in [-0.4, -0.2) is 0 Å². The maximum atomic E-state index is 12.3. The average Bonchev–Trinajstić information content (AvgIpc) is 2.31. The normalized spacial score (nSPS) is 11.2. The van der Waals surface area contributed by atoms with Crippen molar-refractivity contribution in [3.05, 3.63) is 57.7 Å². The second kappa shape index (κ2) is 3.45. The molecule has 84 valence electrons. The Labute approximate surface area is 98.5 Å². The Morgan fingerprint density at radius 1 is 1.00 bits per heavy atom. The Kier molecular flexibility index (Phi) is 2.05. The summed E-state index contributed by atoms with van der Waals surface area (Å²) in [6.07, 6.45) is 0. The van der Waals surface area contributed by atoms with E-state index in [0.717, 1.165) is 11.1 Å². The topological polar surface area (TPSA) is 30.2 Å². The second-order valence-corrected chi connectivity index (χ2v) is 4.39. The SMILES string of the molecule is Cc1cc(C)c2oc3ccccc3c(=O)c2c1. The van der Waals surface area contributed by atoms with E-state index in [1.807, 2.05) is 44.2 Å². The largest absolute Gasteiger partial charge is 0.456 e. The summed E-state index contributed by atoms with van der Waals surface area (Å²) in [5.74, 6) is 0. The van der Waals surface area contributed by atoms with Crippen LogP contribution >= 0.6 is 0 Å². The standard InChI is InChI=1S/C15H12O2/c1-9-7-10(2)15-12(8-9)14(16)11-5-3-4-6-13(11)17-15/h3-8H,1-2H3. The van der Waals surface area contributed by atoms with Gasteiger partial charge < -0.3 is 4.42 Å². The Morgan fingerprint density at radius 2 is 1.76 bits per heavy atom. The lowest BCUT2D eigenvalue weighted by molar-refractivity contribution is 0.656. The zero-order valence-corrected chi connectivity index (χ0v) is 9.78. The molecule has 0 unspecified atom stereocenters. The minimum atomic E-state index is 0.0497. The minimum absolute atomic E-state index is 0.0497. The molecule has 0 saturated carbocycles. The lowest BCUT2D eigenvalue weighted by Gasteiger charge is -2.05. The van der Waals surface area contributed by atoms with Crippen molar-refractivity contribution in [2.45, 2.75) is 13.8 Å². The first-order valence-electron chi connectivity index (χ1n) is 5.59. The van der Waals surface area contributed by atoms with Crippen LogP contribution < -0.4 is 5.43 Å². The van der Waals surface area contributed by atoms with Gasteiger partial charge in [-0.15, -0.1) is 0 Å². The molecule has 0 N–H and O–H groups in total. The fourth-order valence-electron chi connectivity index (χ4n) is 2.26. The van der Waals surface area contributed by atoms with Gasteiger partial charge in [-0.2, -0.15) is 0 Å². The van der Waals surface area contributed by atoms with Crippen molar-refractivity contribution in [2.75, 3.05) is 0 Å². The fraction of sp³-hybridized carbons (Fsp3) is 0.133. The first kappa shape index (κ1) is 10.1. The van der Waals surface area contributed by atoms with Crippen molar-refractivity contribution in [2.24, 2.45) is 0 Å². The Bertz CT molecular complexity index is 782. The molecule has 3 aromatic rings. The molecule has 2 heteroatoms. The third kappa shape index (κ3) is 1.45. The van der Waals surface area contributed by atoms with Crippen LogP contribution in [0, 0.1) is 13.8 Å². The van der Waals surface area contributed by atoms with E-state index < -0.39 is 0 Å². The summed E-state index contributed by atoms with van der Waals surface area (Å²) in [6.45, 7) is 3.95. The van der Waals surface area contributed by atoms with Crippen LogP contribution in [0.25, 0.3) is 21.9 Å². The molecule has 1 heterocycles. The number of para-hydroxylation sites is 1. The maximum absolute atomic E-state index is 12.3. The second-order valence-electron chi connectivity index (χ2n) is 4.39. The van der Waals surface area contributed by atoms with Crippen molar-refractivity contribution >= 4 is 21.9 Å². The molecule has 3 rings (SSSR count). The molecule has 0 amide bonds. The minimum Gasteiger partial charge on any atom is -0.456 e. The number of hydrogen-bond donors (Lipinski definition) is 0. The summed E-state index contributed by atoms with van der Waals surface area (Å²) in [4.78, 5) is 12.3. The van der Waals surface area contributed by atoms with Gasteiger partial charge in [0.05, 0.1) is 10.8 Å². The Balaban J connectivity index is 2.64. The van der Waals surface area contributed by atoms with Gasteiger partial charge in [0.15, 0.2) is 0 Å². The molecule has 2 nitrogen and oxygen atoms in total. The number of hydrogen-bond acceptors (Lipinski definition) is 2. The molecule has 1 aromatic heterocycles. The van der Waals surface area contributed by atoms with Crippen LogP contribution in [0.5, 0.6) is 0 Å². The highest BCUT2D eigenvalue weighted by molar-refractivity contribution is 5.91. The highest BCUT2D eigenvalue weighted by Gasteiger charge is 2.09. The molecular formula is C15H12O2. The third-order valence-electron chi connectivity index (χ3n) is 3.01. The van der Waals surface area contributed by atoms with Gasteiger partial charge in [-0.25, -0.2) is 0 Å². The molecule has 0 bridgehead atoms. The van der Waals surface area contributed by atoms with Gasteiger partial charge in [-0.05, 0) is 43.2 Å². The third-order valence-corrected chi connectivity index (χ3v) is 3.01. The van der Waals surface area contributed by atoms with Gasteiger partial charge in [0, 0.05) is 0 Å². The summed E-state index contributed by atoms with van der Waals surface area (Å²) in [5.41, 5.74) is 3.48. The van der Waals surface area contributed by atoms with Gasteiger partial charge in [0.2, 0.25) is 5.43 Å². The molecule has 0 aliphatic carbocycles. The van der Waals surface area contributed by atoms with E-state index in [4.69, 9.17) is 4.42 Å². The summed E-state index contributed by atoms with van der Waals surface area (Å²) < 4.78 is 5.81. The van der Waals surface area contributed by atoms with Crippen LogP contribution in [0.15, 0.2) is 45.6 Å². The van der Waals surface area contributed by atoms with E-state index in [9.17, 15) is 4.79 Å². The summed E-state index contributed by atoms with van der Waals surface area (Å²) >= 11 is 0. The van der Waals surface area contributed by atoms with Crippen molar-refractivity contribution in [1.29, 1.82) is 0 Å². The maximum Gasteiger partial charge on any atom is 0.200 e. The van der Waals surface area contributed by atoms with Crippen molar-refractivity contribution in [3.8, 4) is 0 Å². The molecule has 0 aliphatic heterocycles. The highest BCUT2D eigenvalue weighted by atomic mass is 16.3. The summed E-state index contributed by atoms with van der Waals surface area (Å²) in [7, 11) is 0. The molecule has 0 radical (unpaired) electrons. The molecule has 0 fully saturated rings. The van der Waals surface area contributed by atoms with Crippen LogP contribution in [-0.2, 0) is 0 Å². The summed E-state index contributed by atoms with van der Waals surface area (Å²) in [5, 5.41) is 1.31. The van der Waals surface area contributed by atoms with Crippen molar-refractivity contribution in [1.82, 2.24) is 0 Å². The first-order valence-corrected chi connectivity index (χ1v) is 5.59. The quantitative estimate of drug-likeness (QED) is 0.546. The molecule has 0 aliphatic rings.